The zero-order chi connectivity index (χ0) is 22.8. The molecule has 164 valence electrons. The third-order valence-corrected chi connectivity index (χ3v) is 7.30. The van der Waals surface area contributed by atoms with E-state index in [4.69, 9.17) is 14.4 Å². The maximum Gasteiger partial charge on any atom is 0.144 e. The minimum Gasteiger partial charge on any atom is -0.455 e. The van der Waals surface area contributed by atoms with Crippen molar-refractivity contribution in [3.63, 3.8) is 0 Å². The zero-order valence-electron chi connectivity index (χ0n) is 20.0. The van der Waals surface area contributed by atoms with Crippen LogP contribution in [0.4, 0.5) is 0 Å². The Bertz CT molecular complexity index is 1480. The second kappa shape index (κ2) is 7.14. The van der Waals surface area contributed by atoms with E-state index in [1.807, 2.05) is 6.20 Å². The van der Waals surface area contributed by atoms with Crippen molar-refractivity contribution >= 4 is 43.5 Å². The summed E-state index contributed by atoms with van der Waals surface area (Å²) in [7, 11) is 0. The largest absolute Gasteiger partial charge is 0.455 e. The number of furan rings is 1. The number of hydrogen-bond donors (Lipinski definition) is 0. The molecule has 0 amide bonds. The van der Waals surface area contributed by atoms with Gasteiger partial charge in [-0.1, -0.05) is 53.7 Å². The van der Waals surface area contributed by atoms with Crippen LogP contribution in [0.2, 0.25) is 0 Å². The Hall–Kier alpha value is -2.72. The summed E-state index contributed by atoms with van der Waals surface area (Å²) in [5, 5.41) is 3.42. The maximum atomic E-state index is 6.44. The lowest BCUT2D eigenvalue weighted by Gasteiger charge is -2.20. The Balaban J connectivity index is 1.69. The number of rotatable bonds is 2. The van der Waals surface area contributed by atoms with Crippen LogP contribution in [0.25, 0.3) is 43.4 Å². The fraction of sp³-hybridized carbons (Fsp3) is 0.357. The van der Waals surface area contributed by atoms with Crippen LogP contribution in [0, 0.1) is 12.3 Å². The number of fused-ring (bicyclic) bond motifs is 4. The summed E-state index contributed by atoms with van der Waals surface area (Å²) in [6.45, 7) is 15.6. The van der Waals surface area contributed by atoms with Gasteiger partial charge in [0.05, 0.1) is 20.9 Å². The van der Waals surface area contributed by atoms with Gasteiger partial charge in [-0.25, -0.2) is 4.98 Å². The van der Waals surface area contributed by atoms with Gasteiger partial charge in [-0.15, -0.1) is 11.3 Å². The predicted molar refractivity (Wildman–Crippen MR) is 137 cm³/mol. The van der Waals surface area contributed by atoms with Crippen molar-refractivity contribution in [3.8, 4) is 11.3 Å². The summed E-state index contributed by atoms with van der Waals surface area (Å²) in [5.74, 6) is 0. The van der Waals surface area contributed by atoms with Gasteiger partial charge in [-0.2, -0.15) is 0 Å². The highest BCUT2D eigenvalue weighted by Crippen LogP contribution is 2.40. The molecule has 0 spiro atoms. The highest BCUT2D eigenvalue weighted by Gasteiger charge is 2.21. The molecule has 0 aliphatic rings. The van der Waals surface area contributed by atoms with Gasteiger partial charge in [0.25, 0.3) is 0 Å². The molecule has 0 fully saturated rings. The number of nitrogens with zero attached hydrogens (tertiary/aromatic N) is 2. The quantitative estimate of drug-likeness (QED) is 0.275. The van der Waals surface area contributed by atoms with E-state index in [1.165, 1.54) is 15.8 Å². The minimum atomic E-state index is 0.0436. The average Bonchev–Trinajstić information content (AvgIpc) is 3.27. The lowest BCUT2D eigenvalue weighted by molar-refractivity contribution is 0.410. The first-order chi connectivity index (χ1) is 15.0. The number of pyridine rings is 1. The predicted octanol–water partition coefficient (Wildman–Crippen LogP) is 8.45. The van der Waals surface area contributed by atoms with Gasteiger partial charge in [-0.05, 0) is 48.1 Å². The monoisotopic (exact) mass is 442 g/mol. The molecule has 0 saturated heterocycles. The molecule has 0 radical (unpaired) electrons. The normalized spacial score (nSPS) is 13.0. The van der Waals surface area contributed by atoms with Gasteiger partial charge in [0.2, 0.25) is 0 Å². The molecule has 0 aliphatic heterocycles. The van der Waals surface area contributed by atoms with Crippen molar-refractivity contribution in [3.05, 3.63) is 58.7 Å². The van der Waals surface area contributed by atoms with E-state index >= 15 is 0 Å². The van der Waals surface area contributed by atoms with Crippen molar-refractivity contribution in [2.24, 2.45) is 5.41 Å². The van der Waals surface area contributed by atoms with E-state index in [-0.39, 0.29) is 10.8 Å². The van der Waals surface area contributed by atoms with Crippen LogP contribution in [0.1, 0.15) is 57.7 Å². The molecule has 5 rings (SSSR count). The van der Waals surface area contributed by atoms with Crippen LogP contribution in [0.15, 0.2) is 47.0 Å². The van der Waals surface area contributed by atoms with Gasteiger partial charge in [-0.3, -0.25) is 4.98 Å². The van der Waals surface area contributed by atoms with E-state index < -0.39 is 0 Å². The molecule has 0 unspecified atom stereocenters. The van der Waals surface area contributed by atoms with Crippen molar-refractivity contribution < 1.29 is 4.42 Å². The minimum absolute atomic E-state index is 0.0436. The van der Waals surface area contributed by atoms with Crippen molar-refractivity contribution in [2.45, 2.75) is 60.3 Å². The molecular weight excluding hydrogens is 412 g/mol. The zero-order valence-corrected chi connectivity index (χ0v) is 20.8. The lowest BCUT2D eigenvalue weighted by Crippen LogP contribution is -2.10. The van der Waals surface area contributed by atoms with Crippen LogP contribution in [-0.4, -0.2) is 9.97 Å². The first-order valence-corrected chi connectivity index (χ1v) is 12.0. The SMILES string of the molecule is Cc1cnc(-c2cccc3c2oc2cc4nc(C(C)(C)C)sc4cc23)cc1CC(C)(C)C. The Kier molecular flexibility index (Phi) is 4.72. The van der Waals surface area contributed by atoms with Crippen molar-refractivity contribution in [2.75, 3.05) is 0 Å². The Morgan fingerprint density at radius 1 is 0.969 bits per heavy atom. The molecule has 0 bridgehead atoms. The summed E-state index contributed by atoms with van der Waals surface area (Å²) in [5.41, 5.74) is 7.64. The van der Waals surface area contributed by atoms with Crippen LogP contribution >= 0.6 is 11.3 Å². The summed E-state index contributed by atoms with van der Waals surface area (Å²) in [4.78, 5) is 9.66. The highest BCUT2D eigenvalue weighted by molar-refractivity contribution is 7.18. The first-order valence-electron chi connectivity index (χ1n) is 11.2. The number of benzene rings is 2. The van der Waals surface area contributed by atoms with Gasteiger partial charge < -0.3 is 4.42 Å². The molecule has 3 heterocycles. The molecule has 5 aromatic rings. The Labute approximate surface area is 193 Å². The first kappa shape index (κ1) is 21.1. The number of aromatic nitrogens is 2. The third-order valence-electron chi connectivity index (χ3n) is 5.86. The van der Waals surface area contributed by atoms with Gasteiger partial charge in [0, 0.05) is 34.0 Å². The molecule has 2 aromatic carbocycles. The molecule has 0 saturated carbocycles. The summed E-state index contributed by atoms with van der Waals surface area (Å²) in [6, 6.07) is 12.9. The van der Waals surface area contributed by atoms with E-state index in [2.05, 4.69) is 84.9 Å². The van der Waals surface area contributed by atoms with E-state index in [9.17, 15) is 0 Å². The second-order valence-electron chi connectivity index (χ2n) is 11.1. The number of para-hydroxylation sites is 1. The number of thiazole rings is 1. The second-order valence-corrected chi connectivity index (χ2v) is 12.1. The summed E-state index contributed by atoms with van der Waals surface area (Å²) < 4.78 is 7.64. The van der Waals surface area contributed by atoms with Crippen LogP contribution in [0.5, 0.6) is 0 Å². The van der Waals surface area contributed by atoms with Gasteiger partial charge >= 0.3 is 0 Å². The Morgan fingerprint density at radius 2 is 1.75 bits per heavy atom. The fourth-order valence-corrected chi connectivity index (χ4v) is 5.26. The van der Waals surface area contributed by atoms with Crippen LogP contribution in [0.3, 0.4) is 0 Å². The molecule has 3 aromatic heterocycles. The lowest BCUT2D eigenvalue weighted by atomic mass is 9.86. The summed E-state index contributed by atoms with van der Waals surface area (Å²) in [6.07, 6.45) is 3.01. The van der Waals surface area contributed by atoms with E-state index in [1.54, 1.807) is 11.3 Å². The van der Waals surface area contributed by atoms with Gasteiger partial charge in [0.15, 0.2) is 0 Å². The molecule has 0 aliphatic carbocycles. The smallest absolute Gasteiger partial charge is 0.144 e. The fourth-order valence-electron chi connectivity index (χ4n) is 4.22. The Morgan fingerprint density at radius 3 is 2.47 bits per heavy atom. The topological polar surface area (TPSA) is 38.9 Å². The van der Waals surface area contributed by atoms with E-state index in [0.717, 1.165) is 50.1 Å². The standard InChI is InChI=1S/C28H30N2OS/c1-16-15-29-21(11-17(16)14-27(2,3)4)19-10-8-9-18-20-12-24-22(13-23(20)31-25(18)19)30-26(32-24)28(5,6)7/h8-13,15H,14H2,1-7H3. The molecule has 4 heteroatoms. The average molecular weight is 443 g/mol. The van der Waals surface area contributed by atoms with Gasteiger partial charge in [0.1, 0.15) is 11.2 Å². The molecule has 3 nitrogen and oxygen atoms in total. The molecule has 0 atom stereocenters. The highest BCUT2D eigenvalue weighted by atomic mass is 32.1. The number of aryl methyl sites for hydroxylation is 1. The van der Waals surface area contributed by atoms with Crippen LogP contribution in [-0.2, 0) is 11.8 Å². The van der Waals surface area contributed by atoms with Crippen molar-refractivity contribution in [1.82, 2.24) is 9.97 Å². The molecule has 0 N–H and O–H groups in total. The number of hydrogen-bond acceptors (Lipinski definition) is 4. The van der Waals surface area contributed by atoms with Crippen molar-refractivity contribution in [1.29, 1.82) is 0 Å². The van der Waals surface area contributed by atoms with Crippen LogP contribution < -0.4 is 0 Å². The summed E-state index contributed by atoms with van der Waals surface area (Å²) >= 11 is 1.78. The molecule has 32 heavy (non-hydrogen) atoms. The van der Waals surface area contributed by atoms with E-state index in [0.29, 0.717) is 0 Å². The molecular formula is C28H30N2OS. The maximum absolute atomic E-state index is 6.44. The third kappa shape index (κ3) is 3.71.